The zero-order valence-electron chi connectivity index (χ0n) is 8.83. The van der Waals surface area contributed by atoms with E-state index >= 15 is 0 Å². The van der Waals surface area contributed by atoms with Gasteiger partial charge in [0.05, 0.1) is 11.6 Å². The van der Waals surface area contributed by atoms with Crippen LogP contribution in [0.5, 0.6) is 0 Å². The summed E-state index contributed by atoms with van der Waals surface area (Å²) in [7, 11) is 0. The lowest BCUT2D eigenvalue weighted by molar-refractivity contribution is -0.118. The summed E-state index contributed by atoms with van der Waals surface area (Å²) in [5, 5.41) is 11.9. The van der Waals surface area contributed by atoms with Gasteiger partial charge in [0.25, 0.3) is 0 Å². The monoisotopic (exact) mass is 234 g/mol. The first-order valence-corrected chi connectivity index (χ1v) is 5.12. The topological polar surface area (TPSA) is 52.9 Å². The molecule has 0 saturated carbocycles. The van der Waals surface area contributed by atoms with Crippen LogP contribution in [-0.2, 0) is 4.79 Å². The van der Waals surface area contributed by atoms with Crippen molar-refractivity contribution >= 4 is 23.6 Å². The lowest BCUT2D eigenvalue weighted by atomic mass is 10.1. The summed E-state index contributed by atoms with van der Waals surface area (Å²) < 4.78 is 0. The SMILES string of the molecule is CC(=O)NCC=Cc1cc(C#N)ccc1Cl. The highest BCUT2D eigenvalue weighted by molar-refractivity contribution is 6.32. The van der Waals surface area contributed by atoms with Crippen LogP contribution in [0.1, 0.15) is 18.1 Å². The lowest BCUT2D eigenvalue weighted by Gasteiger charge is -1.99. The Morgan fingerprint density at radius 2 is 2.38 bits per heavy atom. The molecule has 1 aromatic rings. The van der Waals surface area contributed by atoms with Crippen LogP contribution in [0.2, 0.25) is 5.02 Å². The Labute approximate surface area is 99.3 Å². The van der Waals surface area contributed by atoms with E-state index in [1.54, 1.807) is 30.4 Å². The zero-order chi connectivity index (χ0) is 12.0. The highest BCUT2D eigenvalue weighted by atomic mass is 35.5. The number of nitriles is 1. The van der Waals surface area contributed by atoms with Gasteiger partial charge in [0.2, 0.25) is 5.91 Å². The number of nitrogens with one attached hydrogen (secondary N) is 1. The minimum Gasteiger partial charge on any atom is -0.353 e. The molecule has 3 nitrogen and oxygen atoms in total. The fraction of sp³-hybridized carbons (Fsp3) is 0.167. The molecule has 0 aliphatic carbocycles. The Balaban J connectivity index is 2.73. The Bertz CT molecular complexity index is 461. The first-order chi connectivity index (χ1) is 7.63. The van der Waals surface area contributed by atoms with Crippen LogP contribution in [0.3, 0.4) is 0 Å². The number of amides is 1. The molecule has 1 amide bonds. The van der Waals surface area contributed by atoms with Crippen LogP contribution < -0.4 is 5.32 Å². The van der Waals surface area contributed by atoms with Crippen LogP contribution in [0.15, 0.2) is 24.3 Å². The maximum absolute atomic E-state index is 10.6. The van der Waals surface area contributed by atoms with Gasteiger partial charge < -0.3 is 5.32 Å². The van der Waals surface area contributed by atoms with Crippen LogP contribution in [0.4, 0.5) is 0 Å². The molecule has 0 bridgehead atoms. The first-order valence-electron chi connectivity index (χ1n) is 4.74. The average Bonchev–Trinajstić information content (AvgIpc) is 2.26. The summed E-state index contributed by atoms with van der Waals surface area (Å²) in [6, 6.07) is 7.08. The third kappa shape index (κ3) is 3.76. The van der Waals surface area contributed by atoms with Gasteiger partial charge in [-0.05, 0) is 23.8 Å². The normalized spacial score (nSPS) is 10.1. The van der Waals surface area contributed by atoms with Gasteiger partial charge in [-0.3, -0.25) is 4.79 Å². The molecule has 0 aromatic heterocycles. The van der Waals surface area contributed by atoms with Crippen molar-refractivity contribution in [2.24, 2.45) is 0 Å². The van der Waals surface area contributed by atoms with Crippen molar-refractivity contribution in [1.82, 2.24) is 5.32 Å². The molecule has 0 unspecified atom stereocenters. The van der Waals surface area contributed by atoms with E-state index in [4.69, 9.17) is 16.9 Å². The van der Waals surface area contributed by atoms with E-state index in [1.807, 2.05) is 6.07 Å². The van der Waals surface area contributed by atoms with Gasteiger partial charge >= 0.3 is 0 Å². The molecular weight excluding hydrogens is 224 g/mol. The summed E-state index contributed by atoms with van der Waals surface area (Å²) in [5.74, 6) is -0.0819. The van der Waals surface area contributed by atoms with Crippen LogP contribution in [0, 0.1) is 11.3 Å². The molecule has 0 aliphatic heterocycles. The summed E-state index contributed by atoms with van der Waals surface area (Å²) in [5.41, 5.74) is 1.33. The first kappa shape index (κ1) is 12.3. The molecule has 0 aliphatic rings. The van der Waals surface area contributed by atoms with Crippen molar-refractivity contribution in [3.8, 4) is 6.07 Å². The van der Waals surface area contributed by atoms with Gasteiger partial charge in [-0.25, -0.2) is 0 Å². The van der Waals surface area contributed by atoms with Crippen molar-refractivity contribution in [1.29, 1.82) is 5.26 Å². The highest BCUT2D eigenvalue weighted by Crippen LogP contribution is 2.18. The number of hydrogen-bond donors (Lipinski definition) is 1. The van der Waals surface area contributed by atoms with E-state index < -0.39 is 0 Å². The third-order valence-corrected chi connectivity index (χ3v) is 2.24. The van der Waals surface area contributed by atoms with Crippen molar-refractivity contribution < 1.29 is 4.79 Å². The fourth-order valence-electron chi connectivity index (χ4n) is 1.13. The second kappa shape index (κ2) is 5.94. The maximum Gasteiger partial charge on any atom is 0.217 e. The quantitative estimate of drug-likeness (QED) is 0.873. The van der Waals surface area contributed by atoms with Gasteiger partial charge in [0.15, 0.2) is 0 Å². The summed E-state index contributed by atoms with van der Waals surface area (Å²) in [4.78, 5) is 10.6. The highest BCUT2D eigenvalue weighted by Gasteiger charge is 1.98. The molecule has 0 saturated heterocycles. The Kier molecular flexibility index (Phi) is 4.56. The molecule has 1 N–H and O–H groups in total. The van der Waals surface area contributed by atoms with E-state index in [-0.39, 0.29) is 5.91 Å². The van der Waals surface area contributed by atoms with Crippen molar-refractivity contribution in [2.75, 3.05) is 6.54 Å². The molecule has 0 fully saturated rings. The van der Waals surface area contributed by atoms with Gasteiger partial charge in [-0.15, -0.1) is 0 Å². The van der Waals surface area contributed by atoms with E-state index in [1.165, 1.54) is 6.92 Å². The van der Waals surface area contributed by atoms with Crippen LogP contribution in [0.25, 0.3) is 6.08 Å². The molecule has 1 rings (SSSR count). The van der Waals surface area contributed by atoms with Crippen molar-refractivity contribution in [3.05, 3.63) is 40.4 Å². The predicted octanol–water partition coefficient (Wildman–Crippen LogP) is 2.36. The van der Waals surface area contributed by atoms with Crippen LogP contribution in [-0.4, -0.2) is 12.5 Å². The van der Waals surface area contributed by atoms with E-state index in [0.29, 0.717) is 17.1 Å². The summed E-state index contributed by atoms with van der Waals surface area (Å²) in [6.45, 7) is 1.90. The number of nitrogens with zero attached hydrogens (tertiary/aromatic N) is 1. The number of carbonyl (C=O) groups is 1. The van der Waals surface area contributed by atoms with E-state index in [2.05, 4.69) is 5.32 Å². The van der Waals surface area contributed by atoms with Gasteiger partial charge in [-0.1, -0.05) is 23.8 Å². The maximum atomic E-state index is 10.6. The van der Waals surface area contributed by atoms with Crippen LogP contribution >= 0.6 is 11.6 Å². The number of rotatable bonds is 3. The Hall–Kier alpha value is -1.79. The number of halogens is 1. The molecular formula is C12H11ClN2O. The molecule has 0 spiro atoms. The number of hydrogen-bond acceptors (Lipinski definition) is 2. The predicted molar refractivity (Wildman–Crippen MR) is 63.9 cm³/mol. The van der Waals surface area contributed by atoms with Crippen molar-refractivity contribution in [3.63, 3.8) is 0 Å². The molecule has 0 radical (unpaired) electrons. The second-order valence-electron chi connectivity index (χ2n) is 3.19. The standard InChI is InChI=1S/C12H11ClN2O/c1-9(16)15-6-2-3-11-7-10(8-14)4-5-12(11)13/h2-5,7H,6H2,1H3,(H,15,16). The zero-order valence-corrected chi connectivity index (χ0v) is 9.58. The largest absolute Gasteiger partial charge is 0.353 e. The van der Waals surface area contributed by atoms with Gasteiger partial charge in [0.1, 0.15) is 0 Å². The molecule has 0 atom stereocenters. The second-order valence-corrected chi connectivity index (χ2v) is 3.59. The van der Waals surface area contributed by atoms with Crippen molar-refractivity contribution in [2.45, 2.75) is 6.92 Å². The average molecular weight is 235 g/mol. The summed E-state index contributed by atoms with van der Waals surface area (Å²) >= 11 is 5.95. The summed E-state index contributed by atoms with van der Waals surface area (Å²) in [6.07, 6.45) is 3.56. The molecule has 0 heterocycles. The molecule has 4 heteroatoms. The fourth-order valence-corrected chi connectivity index (χ4v) is 1.31. The Morgan fingerprint density at radius 1 is 1.62 bits per heavy atom. The van der Waals surface area contributed by atoms with E-state index in [0.717, 1.165) is 5.56 Å². The molecule has 1 aromatic carbocycles. The van der Waals surface area contributed by atoms with E-state index in [9.17, 15) is 4.79 Å². The molecule has 82 valence electrons. The minimum atomic E-state index is -0.0819. The van der Waals surface area contributed by atoms with Gasteiger partial charge in [0, 0.05) is 18.5 Å². The lowest BCUT2D eigenvalue weighted by Crippen LogP contribution is -2.19. The number of benzene rings is 1. The smallest absolute Gasteiger partial charge is 0.217 e. The third-order valence-electron chi connectivity index (χ3n) is 1.89. The number of carbonyl (C=O) groups excluding carboxylic acids is 1. The van der Waals surface area contributed by atoms with Gasteiger partial charge in [-0.2, -0.15) is 5.26 Å². The Morgan fingerprint density at radius 3 is 3.00 bits per heavy atom. The minimum absolute atomic E-state index is 0.0819. The molecule has 16 heavy (non-hydrogen) atoms.